The van der Waals surface area contributed by atoms with Gasteiger partial charge in [-0.1, -0.05) is 26.0 Å². The van der Waals surface area contributed by atoms with Gasteiger partial charge in [0.1, 0.15) is 5.82 Å². The SMILES string of the molecule is CCn1c(=O)[nH]c(=O)c2c(C(=O)NCc3ccc(F)cc3)cc(C(C)C)nc21. The summed E-state index contributed by atoms with van der Waals surface area (Å²) in [5.74, 6) is -0.834. The number of fused-ring (bicyclic) bond motifs is 1. The summed E-state index contributed by atoms with van der Waals surface area (Å²) in [4.78, 5) is 44.1. The van der Waals surface area contributed by atoms with E-state index in [0.29, 0.717) is 12.2 Å². The molecule has 3 rings (SSSR count). The Kier molecular flexibility index (Phi) is 5.39. The Balaban J connectivity index is 2.10. The van der Waals surface area contributed by atoms with E-state index in [1.165, 1.54) is 16.7 Å². The Bertz CT molecular complexity index is 1150. The first-order valence-electron chi connectivity index (χ1n) is 9.02. The second kappa shape index (κ2) is 7.75. The van der Waals surface area contributed by atoms with Crippen molar-refractivity contribution in [3.8, 4) is 0 Å². The van der Waals surface area contributed by atoms with E-state index < -0.39 is 17.2 Å². The average molecular weight is 384 g/mol. The maximum absolute atomic E-state index is 13.0. The molecule has 0 bridgehead atoms. The average Bonchev–Trinajstić information content (AvgIpc) is 2.66. The number of benzene rings is 1. The number of H-pyrrole nitrogens is 1. The highest BCUT2D eigenvalue weighted by atomic mass is 19.1. The van der Waals surface area contributed by atoms with Crippen LogP contribution in [-0.2, 0) is 13.1 Å². The summed E-state index contributed by atoms with van der Waals surface area (Å²) >= 11 is 0. The number of aryl methyl sites for hydroxylation is 1. The van der Waals surface area contributed by atoms with E-state index in [1.807, 2.05) is 13.8 Å². The molecule has 0 atom stereocenters. The smallest absolute Gasteiger partial charge is 0.329 e. The number of amides is 1. The molecule has 0 fully saturated rings. The van der Waals surface area contributed by atoms with Gasteiger partial charge in [0.15, 0.2) is 5.65 Å². The number of hydrogen-bond acceptors (Lipinski definition) is 4. The number of aromatic amines is 1. The number of nitrogens with zero attached hydrogens (tertiary/aromatic N) is 2. The highest BCUT2D eigenvalue weighted by Crippen LogP contribution is 2.19. The van der Waals surface area contributed by atoms with E-state index in [-0.39, 0.29) is 34.9 Å². The van der Waals surface area contributed by atoms with Crippen LogP contribution in [0.4, 0.5) is 4.39 Å². The number of carbonyl (C=O) groups is 1. The molecule has 0 aliphatic rings. The van der Waals surface area contributed by atoms with Gasteiger partial charge in [-0.3, -0.25) is 19.1 Å². The zero-order valence-corrected chi connectivity index (χ0v) is 15.9. The summed E-state index contributed by atoms with van der Waals surface area (Å²) in [6.45, 7) is 6.06. The highest BCUT2D eigenvalue weighted by Gasteiger charge is 2.20. The van der Waals surface area contributed by atoms with Gasteiger partial charge in [-0.05, 0) is 36.6 Å². The van der Waals surface area contributed by atoms with Crippen LogP contribution in [0.25, 0.3) is 11.0 Å². The zero-order chi connectivity index (χ0) is 20.4. The van der Waals surface area contributed by atoms with E-state index in [1.54, 1.807) is 25.1 Å². The van der Waals surface area contributed by atoms with Gasteiger partial charge in [-0.25, -0.2) is 14.2 Å². The fraction of sp³-hybridized carbons (Fsp3) is 0.300. The molecule has 0 unspecified atom stereocenters. The van der Waals surface area contributed by atoms with Crippen molar-refractivity contribution >= 4 is 16.9 Å². The Labute approximate surface area is 160 Å². The first-order valence-corrected chi connectivity index (χ1v) is 9.02. The highest BCUT2D eigenvalue weighted by molar-refractivity contribution is 6.05. The molecular weight excluding hydrogens is 363 g/mol. The number of pyridine rings is 1. The lowest BCUT2D eigenvalue weighted by Gasteiger charge is -2.14. The molecule has 0 spiro atoms. The van der Waals surface area contributed by atoms with Crippen LogP contribution >= 0.6 is 0 Å². The van der Waals surface area contributed by atoms with Gasteiger partial charge in [-0.15, -0.1) is 0 Å². The van der Waals surface area contributed by atoms with Gasteiger partial charge in [0, 0.05) is 18.8 Å². The number of hydrogen-bond donors (Lipinski definition) is 2. The van der Waals surface area contributed by atoms with Crippen LogP contribution in [-0.4, -0.2) is 20.4 Å². The molecule has 1 amide bonds. The number of rotatable bonds is 5. The maximum atomic E-state index is 13.0. The lowest BCUT2D eigenvalue weighted by molar-refractivity contribution is 0.0952. The lowest BCUT2D eigenvalue weighted by atomic mass is 10.0. The molecule has 2 N–H and O–H groups in total. The zero-order valence-electron chi connectivity index (χ0n) is 15.9. The molecule has 0 saturated heterocycles. The van der Waals surface area contributed by atoms with Crippen molar-refractivity contribution in [2.24, 2.45) is 0 Å². The molecule has 7 nitrogen and oxygen atoms in total. The molecule has 2 heterocycles. The molecule has 0 radical (unpaired) electrons. The van der Waals surface area contributed by atoms with Gasteiger partial charge < -0.3 is 5.32 Å². The monoisotopic (exact) mass is 384 g/mol. The topological polar surface area (TPSA) is 96.9 Å². The molecule has 1 aromatic carbocycles. The minimum Gasteiger partial charge on any atom is -0.348 e. The van der Waals surface area contributed by atoms with Gasteiger partial charge in [0.05, 0.1) is 10.9 Å². The summed E-state index contributed by atoms with van der Waals surface area (Å²) in [6.07, 6.45) is 0. The van der Waals surface area contributed by atoms with E-state index >= 15 is 0 Å². The van der Waals surface area contributed by atoms with Crippen molar-refractivity contribution in [2.45, 2.75) is 39.8 Å². The molecule has 0 aliphatic heterocycles. The van der Waals surface area contributed by atoms with Crippen LogP contribution in [0.3, 0.4) is 0 Å². The number of aromatic nitrogens is 3. The Morgan fingerprint density at radius 3 is 2.54 bits per heavy atom. The molecule has 0 aliphatic carbocycles. The minimum absolute atomic E-state index is 0.00672. The third kappa shape index (κ3) is 3.71. The van der Waals surface area contributed by atoms with E-state index in [9.17, 15) is 18.8 Å². The van der Waals surface area contributed by atoms with Gasteiger partial charge in [-0.2, -0.15) is 0 Å². The lowest BCUT2D eigenvalue weighted by Crippen LogP contribution is -2.33. The van der Waals surface area contributed by atoms with Crippen LogP contribution in [0, 0.1) is 5.82 Å². The first-order chi connectivity index (χ1) is 13.3. The third-order valence-corrected chi connectivity index (χ3v) is 4.49. The van der Waals surface area contributed by atoms with Crippen LogP contribution in [0.5, 0.6) is 0 Å². The predicted molar refractivity (Wildman–Crippen MR) is 104 cm³/mol. The largest absolute Gasteiger partial charge is 0.348 e. The maximum Gasteiger partial charge on any atom is 0.329 e. The quantitative estimate of drug-likeness (QED) is 0.705. The van der Waals surface area contributed by atoms with Crippen LogP contribution < -0.4 is 16.6 Å². The Morgan fingerprint density at radius 1 is 1.25 bits per heavy atom. The van der Waals surface area contributed by atoms with Crippen molar-refractivity contribution in [1.82, 2.24) is 19.9 Å². The molecule has 2 aromatic heterocycles. The standard InChI is InChI=1S/C20H21FN4O3/c1-4-25-17-16(19(27)24-20(25)28)14(9-15(23-17)11(2)3)18(26)22-10-12-5-7-13(21)8-6-12/h5-9,11H,4,10H2,1-3H3,(H,22,26)(H,24,27,28). The summed E-state index contributed by atoms with van der Waals surface area (Å²) < 4.78 is 14.4. The van der Waals surface area contributed by atoms with Gasteiger partial charge in [0.25, 0.3) is 11.5 Å². The molecule has 8 heteroatoms. The molecule has 28 heavy (non-hydrogen) atoms. The molecule has 146 valence electrons. The van der Waals surface area contributed by atoms with Gasteiger partial charge in [0.2, 0.25) is 0 Å². The van der Waals surface area contributed by atoms with Crippen molar-refractivity contribution in [3.05, 3.63) is 73.8 Å². The summed E-state index contributed by atoms with van der Waals surface area (Å²) in [5, 5.41) is 2.81. The van der Waals surface area contributed by atoms with Gasteiger partial charge >= 0.3 is 5.69 Å². The van der Waals surface area contributed by atoms with Crippen molar-refractivity contribution in [1.29, 1.82) is 0 Å². The van der Waals surface area contributed by atoms with Crippen LogP contribution in [0.1, 0.15) is 48.3 Å². The minimum atomic E-state index is -0.653. The number of halogens is 1. The summed E-state index contributed by atoms with van der Waals surface area (Å²) in [6, 6.07) is 7.34. The number of carbonyl (C=O) groups excluding carboxylic acids is 1. The van der Waals surface area contributed by atoms with Crippen molar-refractivity contribution in [3.63, 3.8) is 0 Å². The second-order valence-corrected chi connectivity index (χ2v) is 6.76. The number of nitrogens with one attached hydrogen (secondary N) is 2. The van der Waals surface area contributed by atoms with E-state index in [4.69, 9.17) is 0 Å². The fourth-order valence-corrected chi connectivity index (χ4v) is 2.94. The van der Waals surface area contributed by atoms with Crippen LogP contribution in [0.15, 0.2) is 39.9 Å². The van der Waals surface area contributed by atoms with Crippen LogP contribution in [0.2, 0.25) is 0 Å². The van der Waals surface area contributed by atoms with Crippen molar-refractivity contribution < 1.29 is 9.18 Å². The normalized spacial score (nSPS) is 11.2. The fourth-order valence-electron chi connectivity index (χ4n) is 2.94. The second-order valence-electron chi connectivity index (χ2n) is 6.76. The third-order valence-electron chi connectivity index (χ3n) is 4.49. The summed E-state index contributed by atoms with van der Waals surface area (Å²) in [7, 11) is 0. The molecular formula is C20H21FN4O3. The molecule has 0 saturated carbocycles. The Hall–Kier alpha value is -3.29. The first kappa shape index (κ1) is 19.5. The van der Waals surface area contributed by atoms with E-state index in [2.05, 4.69) is 15.3 Å². The Morgan fingerprint density at radius 2 is 1.93 bits per heavy atom. The van der Waals surface area contributed by atoms with Crippen molar-refractivity contribution in [2.75, 3.05) is 0 Å². The predicted octanol–water partition coefficient (Wildman–Crippen LogP) is 2.30. The molecule has 3 aromatic rings. The van der Waals surface area contributed by atoms with E-state index in [0.717, 1.165) is 5.56 Å². The summed E-state index contributed by atoms with van der Waals surface area (Å²) in [5.41, 5.74) is 0.447.